The predicted molar refractivity (Wildman–Crippen MR) is 142 cm³/mol. The van der Waals surface area contributed by atoms with Gasteiger partial charge in [0.1, 0.15) is 18.1 Å². The van der Waals surface area contributed by atoms with E-state index in [4.69, 9.17) is 10.5 Å². The third kappa shape index (κ3) is 6.93. The van der Waals surface area contributed by atoms with E-state index < -0.39 is 28.8 Å². The number of ether oxygens (including phenoxy) is 1. The molecule has 2 heterocycles. The first-order chi connectivity index (χ1) is 16.7. The maximum Gasteiger partial charge on any atom is 0.328 e. The molecule has 194 valence electrons. The molecular weight excluding hydrogens is 484 g/mol. The van der Waals surface area contributed by atoms with Crippen LogP contribution in [0.5, 0.6) is 0 Å². The summed E-state index contributed by atoms with van der Waals surface area (Å²) in [5.74, 6) is -0.126. The first-order valence-electron chi connectivity index (χ1n) is 12.2. The van der Waals surface area contributed by atoms with E-state index in [9.17, 15) is 14.4 Å². The Balaban J connectivity index is 1.89. The molecule has 0 radical (unpaired) electrons. The van der Waals surface area contributed by atoms with Crippen LogP contribution in [-0.4, -0.2) is 71.0 Å². The largest absolute Gasteiger partial charge is 0.467 e. The van der Waals surface area contributed by atoms with Gasteiger partial charge in [0.25, 0.3) is 0 Å². The van der Waals surface area contributed by atoms with Gasteiger partial charge >= 0.3 is 5.97 Å². The van der Waals surface area contributed by atoms with E-state index in [1.54, 1.807) is 26.5 Å². The summed E-state index contributed by atoms with van der Waals surface area (Å²) in [6.45, 7) is 6.98. The molecule has 3 rings (SSSR count). The number of methoxy groups -OCH3 is 1. The maximum atomic E-state index is 14.0. The Morgan fingerprint density at radius 3 is 2.69 bits per heavy atom. The number of nitrogens with zero attached hydrogens (tertiary/aromatic N) is 1. The molecule has 1 fully saturated rings. The minimum absolute atomic E-state index is 0.0561. The van der Waals surface area contributed by atoms with E-state index in [0.717, 1.165) is 29.7 Å². The van der Waals surface area contributed by atoms with Gasteiger partial charge in [0.15, 0.2) is 0 Å². The van der Waals surface area contributed by atoms with Crippen molar-refractivity contribution in [1.82, 2.24) is 15.5 Å². The number of nitrogens with two attached hydrogens (primary N) is 1. The third-order valence-corrected chi connectivity index (χ3v) is 9.96. The second-order valence-corrected chi connectivity index (χ2v) is 12.7. The van der Waals surface area contributed by atoms with Crippen molar-refractivity contribution in [3.05, 3.63) is 35.4 Å². The normalized spacial score (nSPS) is 24.9. The van der Waals surface area contributed by atoms with Gasteiger partial charge in [0.05, 0.1) is 7.11 Å². The van der Waals surface area contributed by atoms with Crippen LogP contribution in [0.15, 0.2) is 24.3 Å². The van der Waals surface area contributed by atoms with Gasteiger partial charge in [-0.15, -0.1) is 0 Å². The molecule has 35 heavy (non-hydrogen) atoms. The van der Waals surface area contributed by atoms with Crippen molar-refractivity contribution in [2.24, 2.45) is 5.73 Å². The van der Waals surface area contributed by atoms with E-state index >= 15 is 0 Å². The summed E-state index contributed by atoms with van der Waals surface area (Å²) >= 11 is 0. The summed E-state index contributed by atoms with van der Waals surface area (Å²) in [5, 5.41) is 6.27. The molecule has 0 saturated carbocycles. The molecule has 2 amide bonds. The Morgan fingerprint density at radius 1 is 1.29 bits per heavy atom. The summed E-state index contributed by atoms with van der Waals surface area (Å²) in [7, 11) is 4.65. The second-order valence-electron chi connectivity index (χ2n) is 9.75. The van der Waals surface area contributed by atoms with Crippen LogP contribution >= 0.6 is 21.6 Å². The van der Waals surface area contributed by atoms with Crippen LogP contribution < -0.4 is 16.4 Å². The van der Waals surface area contributed by atoms with Crippen LogP contribution in [0.1, 0.15) is 51.2 Å². The Bertz CT molecular complexity index is 913. The van der Waals surface area contributed by atoms with Gasteiger partial charge in [-0.1, -0.05) is 65.6 Å². The zero-order valence-corrected chi connectivity index (χ0v) is 22.7. The number of amides is 2. The number of hydrogen-bond acceptors (Lipinski definition) is 8. The topological polar surface area (TPSA) is 114 Å². The van der Waals surface area contributed by atoms with Crippen LogP contribution in [0.25, 0.3) is 0 Å². The monoisotopic (exact) mass is 522 g/mol. The zero-order valence-electron chi connectivity index (χ0n) is 21.0. The van der Waals surface area contributed by atoms with Gasteiger partial charge in [0.2, 0.25) is 11.8 Å². The third-order valence-electron chi connectivity index (χ3n) is 6.56. The summed E-state index contributed by atoms with van der Waals surface area (Å²) in [5.41, 5.74) is 8.25. The molecule has 0 aromatic heterocycles. The van der Waals surface area contributed by atoms with E-state index in [-0.39, 0.29) is 17.9 Å². The average molecular weight is 523 g/mol. The first kappa shape index (κ1) is 27.8. The molecule has 1 aromatic rings. The minimum atomic E-state index is -0.734. The minimum Gasteiger partial charge on any atom is -0.467 e. The Kier molecular flexibility index (Phi) is 9.92. The summed E-state index contributed by atoms with van der Waals surface area (Å²) in [4.78, 5) is 41.6. The molecule has 0 spiro atoms. The SMILES string of the molecule is CCCCC(NC(=O)C1Cc2ccccc2CN1C(=O)C1NCC(N)CSSC1(C)C)C(=O)OC. The van der Waals surface area contributed by atoms with Gasteiger partial charge in [-0.05, 0) is 31.4 Å². The maximum absolute atomic E-state index is 14.0. The van der Waals surface area contributed by atoms with E-state index in [0.29, 0.717) is 25.9 Å². The van der Waals surface area contributed by atoms with E-state index in [1.165, 1.54) is 7.11 Å². The van der Waals surface area contributed by atoms with Crippen molar-refractivity contribution in [1.29, 1.82) is 0 Å². The van der Waals surface area contributed by atoms with Crippen molar-refractivity contribution in [2.75, 3.05) is 19.4 Å². The molecule has 4 atom stereocenters. The van der Waals surface area contributed by atoms with Crippen molar-refractivity contribution in [3.63, 3.8) is 0 Å². The fraction of sp³-hybridized carbons (Fsp3) is 0.640. The van der Waals surface area contributed by atoms with Crippen molar-refractivity contribution >= 4 is 39.4 Å². The molecule has 0 bridgehead atoms. The summed E-state index contributed by atoms with van der Waals surface area (Å²) in [6.07, 6.45) is 2.57. The smallest absolute Gasteiger partial charge is 0.328 e. The summed E-state index contributed by atoms with van der Waals surface area (Å²) in [6, 6.07) is 5.86. The molecule has 1 aromatic carbocycles. The zero-order chi connectivity index (χ0) is 25.6. The Morgan fingerprint density at radius 2 is 2.00 bits per heavy atom. The number of nitrogens with one attached hydrogen (secondary N) is 2. The number of benzene rings is 1. The lowest BCUT2D eigenvalue weighted by Gasteiger charge is -2.42. The number of hydrogen-bond donors (Lipinski definition) is 3. The molecule has 2 aliphatic rings. The number of esters is 1. The lowest BCUT2D eigenvalue weighted by molar-refractivity contribution is -0.148. The molecule has 0 aliphatic carbocycles. The number of unbranched alkanes of at least 4 members (excludes halogenated alkanes) is 1. The molecule has 2 aliphatic heterocycles. The highest BCUT2D eigenvalue weighted by Gasteiger charge is 2.44. The highest BCUT2D eigenvalue weighted by atomic mass is 33.1. The van der Waals surface area contributed by atoms with Crippen molar-refractivity contribution < 1.29 is 19.1 Å². The second kappa shape index (κ2) is 12.5. The quantitative estimate of drug-likeness (QED) is 0.369. The number of fused-ring (bicyclic) bond motifs is 1. The number of carbonyl (C=O) groups is 3. The van der Waals surface area contributed by atoms with Crippen LogP contribution in [0.4, 0.5) is 0 Å². The average Bonchev–Trinajstić information content (AvgIpc) is 2.83. The van der Waals surface area contributed by atoms with Gasteiger partial charge in [-0.25, -0.2) is 4.79 Å². The fourth-order valence-corrected chi connectivity index (χ4v) is 7.38. The lowest BCUT2D eigenvalue weighted by atomic mass is 9.91. The molecule has 4 unspecified atom stereocenters. The standard InChI is InChI=1S/C25H38N4O4S2/c1-5-6-11-19(24(32)33-4)28-22(30)20-12-16-9-7-8-10-17(16)14-29(20)23(31)21-25(2,3)35-34-15-18(26)13-27-21/h7-10,18-21,27H,5-6,11-15,26H2,1-4H3,(H,28,30). The van der Waals surface area contributed by atoms with Crippen LogP contribution in [-0.2, 0) is 32.1 Å². The highest BCUT2D eigenvalue weighted by Crippen LogP contribution is 2.40. The highest BCUT2D eigenvalue weighted by molar-refractivity contribution is 8.77. The van der Waals surface area contributed by atoms with Crippen LogP contribution in [0, 0.1) is 0 Å². The fourth-order valence-electron chi connectivity index (χ4n) is 4.50. The molecule has 4 N–H and O–H groups in total. The Labute approximate surface area is 216 Å². The molecule has 1 saturated heterocycles. The molecule has 10 heteroatoms. The molecule has 8 nitrogen and oxygen atoms in total. The van der Waals surface area contributed by atoms with Gasteiger partial charge in [-0.2, -0.15) is 0 Å². The summed E-state index contributed by atoms with van der Waals surface area (Å²) < 4.78 is 4.52. The van der Waals surface area contributed by atoms with Crippen molar-refractivity contribution in [2.45, 2.75) is 81.9 Å². The van der Waals surface area contributed by atoms with E-state index in [2.05, 4.69) is 10.6 Å². The van der Waals surface area contributed by atoms with E-state index in [1.807, 2.05) is 45.0 Å². The van der Waals surface area contributed by atoms with Crippen molar-refractivity contribution in [3.8, 4) is 0 Å². The van der Waals surface area contributed by atoms with Crippen LogP contribution in [0.2, 0.25) is 0 Å². The Hall–Kier alpha value is -1.75. The first-order valence-corrected chi connectivity index (χ1v) is 14.5. The van der Waals surface area contributed by atoms with Gasteiger partial charge < -0.3 is 26.0 Å². The predicted octanol–water partition coefficient (Wildman–Crippen LogP) is 2.25. The van der Waals surface area contributed by atoms with Gasteiger partial charge in [-0.3, -0.25) is 9.59 Å². The van der Waals surface area contributed by atoms with Crippen LogP contribution in [0.3, 0.4) is 0 Å². The molecular formula is C25H38N4O4S2. The number of carbonyl (C=O) groups excluding carboxylic acids is 3. The van der Waals surface area contributed by atoms with Gasteiger partial charge in [0, 0.05) is 36.1 Å². The number of rotatable bonds is 7. The lowest BCUT2D eigenvalue weighted by Crippen LogP contribution is -2.63.